The van der Waals surface area contributed by atoms with Gasteiger partial charge in [-0.15, -0.1) is 11.3 Å². The van der Waals surface area contributed by atoms with Crippen molar-refractivity contribution < 1.29 is 4.79 Å². The highest BCUT2D eigenvalue weighted by Crippen LogP contribution is 2.16. The summed E-state index contributed by atoms with van der Waals surface area (Å²) >= 11 is 1.53. The molecule has 0 radical (unpaired) electrons. The summed E-state index contributed by atoms with van der Waals surface area (Å²) in [5.41, 5.74) is 0.354. The molecular weight excluding hydrogens is 240 g/mol. The van der Waals surface area contributed by atoms with Gasteiger partial charge in [0.1, 0.15) is 12.0 Å². The molecule has 0 saturated heterocycles. The van der Waals surface area contributed by atoms with E-state index in [4.69, 9.17) is 0 Å². The van der Waals surface area contributed by atoms with Crippen molar-refractivity contribution in [3.63, 3.8) is 0 Å². The van der Waals surface area contributed by atoms with Crippen molar-refractivity contribution in [3.05, 3.63) is 29.3 Å². The zero-order valence-corrected chi connectivity index (χ0v) is 9.65. The van der Waals surface area contributed by atoms with E-state index in [0.717, 1.165) is 9.84 Å². The second-order valence-electron chi connectivity index (χ2n) is 3.45. The van der Waals surface area contributed by atoms with Gasteiger partial charge in [0, 0.05) is 17.3 Å². The molecule has 0 aliphatic rings. The summed E-state index contributed by atoms with van der Waals surface area (Å²) in [6.07, 6.45) is 4.94. The number of aromatic nitrogens is 5. The Bertz CT molecular complexity index is 635. The fourth-order valence-corrected chi connectivity index (χ4v) is 2.27. The van der Waals surface area contributed by atoms with Crippen molar-refractivity contribution in [1.82, 2.24) is 24.6 Å². The average molecular weight is 248 g/mol. The number of rotatable bonds is 2. The molecule has 3 aromatic heterocycles. The molecule has 3 aromatic rings. The second-order valence-corrected chi connectivity index (χ2v) is 4.66. The number of aryl methyl sites for hydroxylation is 1. The third-order valence-electron chi connectivity index (χ3n) is 2.15. The summed E-state index contributed by atoms with van der Waals surface area (Å²) in [5, 5.41) is 8.75. The van der Waals surface area contributed by atoms with Gasteiger partial charge in [-0.05, 0) is 6.92 Å². The van der Waals surface area contributed by atoms with Crippen LogP contribution in [0, 0.1) is 6.92 Å². The third-order valence-corrected chi connectivity index (χ3v) is 3.06. The SMILES string of the molecule is Cc1cn2cc(C(=O)Nc3ncn[nH]3)nc2s1. The molecule has 0 atom stereocenters. The number of H-pyrrole nitrogens is 1. The minimum absolute atomic E-state index is 0.308. The molecule has 2 N–H and O–H groups in total. The van der Waals surface area contributed by atoms with E-state index in [1.165, 1.54) is 17.7 Å². The molecule has 0 bridgehead atoms. The first kappa shape index (κ1) is 9.97. The van der Waals surface area contributed by atoms with E-state index < -0.39 is 0 Å². The fourth-order valence-electron chi connectivity index (χ4n) is 1.46. The molecule has 8 heteroatoms. The van der Waals surface area contributed by atoms with Gasteiger partial charge < -0.3 is 0 Å². The van der Waals surface area contributed by atoms with Crippen molar-refractivity contribution in [2.45, 2.75) is 6.92 Å². The molecular formula is C9H8N6OS. The molecule has 86 valence electrons. The van der Waals surface area contributed by atoms with Crippen molar-refractivity contribution in [3.8, 4) is 0 Å². The summed E-state index contributed by atoms with van der Waals surface area (Å²) < 4.78 is 1.83. The number of fused-ring (bicyclic) bond motifs is 1. The summed E-state index contributed by atoms with van der Waals surface area (Å²) in [7, 11) is 0. The lowest BCUT2D eigenvalue weighted by Crippen LogP contribution is -2.13. The van der Waals surface area contributed by atoms with E-state index >= 15 is 0 Å². The molecule has 0 spiro atoms. The van der Waals surface area contributed by atoms with Gasteiger partial charge in [-0.1, -0.05) is 0 Å². The Labute approximate surface area is 99.5 Å². The molecule has 3 heterocycles. The Kier molecular flexibility index (Phi) is 2.15. The number of carbonyl (C=O) groups excluding carboxylic acids is 1. The third kappa shape index (κ3) is 1.78. The maximum Gasteiger partial charge on any atom is 0.278 e. The Morgan fingerprint density at radius 3 is 3.12 bits per heavy atom. The van der Waals surface area contributed by atoms with Crippen LogP contribution < -0.4 is 5.32 Å². The van der Waals surface area contributed by atoms with Crippen LogP contribution in [0.1, 0.15) is 15.4 Å². The van der Waals surface area contributed by atoms with Crippen LogP contribution in [0.25, 0.3) is 4.96 Å². The highest BCUT2D eigenvalue weighted by Gasteiger charge is 2.13. The van der Waals surface area contributed by atoms with Gasteiger partial charge in [0.15, 0.2) is 4.96 Å². The quantitative estimate of drug-likeness (QED) is 0.710. The Morgan fingerprint density at radius 1 is 1.53 bits per heavy atom. The van der Waals surface area contributed by atoms with Crippen LogP contribution in [-0.2, 0) is 0 Å². The van der Waals surface area contributed by atoms with Crippen LogP contribution in [0.5, 0.6) is 0 Å². The van der Waals surface area contributed by atoms with Crippen LogP contribution in [0.2, 0.25) is 0 Å². The average Bonchev–Trinajstić information content (AvgIpc) is 2.92. The molecule has 7 nitrogen and oxygen atoms in total. The number of nitrogens with zero attached hydrogens (tertiary/aromatic N) is 4. The molecule has 0 fully saturated rings. The molecule has 1 amide bonds. The van der Waals surface area contributed by atoms with Gasteiger partial charge >= 0.3 is 0 Å². The van der Waals surface area contributed by atoms with E-state index in [-0.39, 0.29) is 5.91 Å². The van der Waals surface area contributed by atoms with E-state index in [1.807, 2.05) is 17.5 Å². The second kappa shape index (κ2) is 3.67. The summed E-state index contributed by atoms with van der Waals surface area (Å²) in [5.74, 6) is -0.00200. The number of carbonyl (C=O) groups is 1. The van der Waals surface area contributed by atoms with Crippen LogP contribution in [0.3, 0.4) is 0 Å². The highest BCUT2D eigenvalue weighted by atomic mass is 32.1. The summed E-state index contributed by atoms with van der Waals surface area (Å²) in [6, 6.07) is 0. The number of anilines is 1. The Hall–Kier alpha value is -2.22. The van der Waals surface area contributed by atoms with Crippen LogP contribution >= 0.6 is 11.3 Å². The lowest BCUT2D eigenvalue weighted by Gasteiger charge is -1.95. The molecule has 0 aliphatic carbocycles. The first-order valence-electron chi connectivity index (χ1n) is 4.84. The number of hydrogen-bond acceptors (Lipinski definition) is 5. The van der Waals surface area contributed by atoms with Crippen molar-refractivity contribution in [1.29, 1.82) is 0 Å². The van der Waals surface area contributed by atoms with Gasteiger partial charge in [0.25, 0.3) is 5.91 Å². The Morgan fingerprint density at radius 2 is 2.41 bits per heavy atom. The van der Waals surface area contributed by atoms with Crippen molar-refractivity contribution in [2.75, 3.05) is 5.32 Å². The van der Waals surface area contributed by atoms with Crippen LogP contribution in [-0.4, -0.2) is 30.5 Å². The van der Waals surface area contributed by atoms with Crippen molar-refractivity contribution in [2.24, 2.45) is 0 Å². The van der Waals surface area contributed by atoms with E-state index in [9.17, 15) is 4.79 Å². The summed E-state index contributed by atoms with van der Waals surface area (Å²) in [6.45, 7) is 1.99. The maximum absolute atomic E-state index is 11.8. The monoisotopic (exact) mass is 248 g/mol. The van der Waals surface area contributed by atoms with Crippen LogP contribution in [0.15, 0.2) is 18.7 Å². The maximum atomic E-state index is 11.8. The number of hydrogen-bond donors (Lipinski definition) is 2. The van der Waals surface area contributed by atoms with E-state index in [2.05, 4.69) is 25.5 Å². The molecule has 0 saturated carbocycles. The molecule has 3 rings (SSSR count). The van der Waals surface area contributed by atoms with Gasteiger partial charge in [-0.3, -0.25) is 14.5 Å². The highest BCUT2D eigenvalue weighted by molar-refractivity contribution is 7.17. The predicted octanol–water partition coefficient (Wildman–Crippen LogP) is 1.07. The molecule has 17 heavy (non-hydrogen) atoms. The van der Waals surface area contributed by atoms with Crippen molar-refractivity contribution >= 4 is 28.2 Å². The zero-order valence-electron chi connectivity index (χ0n) is 8.84. The smallest absolute Gasteiger partial charge is 0.278 e. The van der Waals surface area contributed by atoms with Crippen LogP contribution in [0.4, 0.5) is 5.95 Å². The molecule has 0 aliphatic heterocycles. The fraction of sp³-hybridized carbons (Fsp3) is 0.111. The van der Waals surface area contributed by atoms with E-state index in [0.29, 0.717) is 11.6 Å². The van der Waals surface area contributed by atoms with E-state index in [1.54, 1.807) is 6.20 Å². The number of amides is 1. The van der Waals surface area contributed by atoms with Gasteiger partial charge in [0.2, 0.25) is 5.95 Å². The molecule has 0 unspecified atom stereocenters. The number of imidazole rings is 1. The Balaban J connectivity index is 1.88. The first-order valence-corrected chi connectivity index (χ1v) is 5.66. The number of nitrogens with one attached hydrogen (secondary N) is 2. The molecule has 0 aromatic carbocycles. The number of aromatic amines is 1. The minimum Gasteiger partial charge on any atom is -0.297 e. The van der Waals surface area contributed by atoms with Gasteiger partial charge in [-0.25, -0.2) is 10.1 Å². The standard InChI is InChI=1S/C9H8N6OS/c1-5-2-15-3-6(12-9(15)17-5)7(16)13-8-10-4-11-14-8/h2-4H,1H3,(H2,10,11,13,14,16). The lowest BCUT2D eigenvalue weighted by molar-refractivity contribution is 0.102. The van der Waals surface area contributed by atoms with Gasteiger partial charge in [-0.2, -0.15) is 10.1 Å². The topological polar surface area (TPSA) is 88.0 Å². The predicted molar refractivity (Wildman–Crippen MR) is 62.1 cm³/mol. The number of thiazole rings is 1. The normalized spacial score (nSPS) is 10.9. The van der Waals surface area contributed by atoms with Gasteiger partial charge in [0.05, 0.1) is 0 Å². The summed E-state index contributed by atoms with van der Waals surface area (Å²) in [4.78, 5) is 21.8. The minimum atomic E-state index is -0.310. The first-order chi connectivity index (χ1) is 8.22. The zero-order chi connectivity index (χ0) is 11.8. The largest absolute Gasteiger partial charge is 0.297 e. The lowest BCUT2D eigenvalue weighted by atomic mass is 10.4.